The second kappa shape index (κ2) is 12.5. The van der Waals surface area contributed by atoms with Crippen LogP contribution < -0.4 is 15.5 Å². The van der Waals surface area contributed by atoms with Crippen LogP contribution in [-0.2, 0) is 14.4 Å². The lowest BCUT2D eigenvalue weighted by Crippen LogP contribution is -2.47. The fourth-order valence-electron chi connectivity index (χ4n) is 5.32. The van der Waals surface area contributed by atoms with Gasteiger partial charge < -0.3 is 5.32 Å². The predicted molar refractivity (Wildman–Crippen MR) is 168 cm³/mol. The molecule has 11 heteroatoms. The van der Waals surface area contributed by atoms with Crippen molar-refractivity contribution >= 4 is 63.8 Å². The first-order chi connectivity index (χ1) is 20.5. The molecule has 43 heavy (non-hydrogen) atoms. The van der Waals surface area contributed by atoms with Crippen molar-refractivity contribution in [3.63, 3.8) is 0 Å². The van der Waals surface area contributed by atoms with Crippen LogP contribution in [0.3, 0.4) is 0 Å². The highest BCUT2D eigenvalue weighted by Crippen LogP contribution is 2.34. The van der Waals surface area contributed by atoms with Crippen molar-refractivity contribution in [2.75, 3.05) is 23.3 Å². The van der Waals surface area contributed by atoms with Gasteiger partial charge in [0.1, 0.15) is 6.54 Å². The molecule has 1 aliphatic carbocycles. The van der Waals surface area contributed by atoms with Crippen molar-refractivity contribution in [1.29, 1.82) is 0 Å². The Morgan fingerprint density at radius 2 is 1.77 bits per heavy atom. The van der Waals surface area contributed by atoms with E-state index in [1.54, 1.807) is 30.3 Å². The molecule has 10 nitrogen and oxygen atoms in total. The van der Waals surface area contributed by atoms with Crippen molar-refractivity contribution in [3.8, 4) is 0 Å². The summed E-state index contributed by atoms with van der Waals surface area (Å²) < 4.78 is 0. The molecule has 5 rings (SSSR count). The maximum Gasteiger partial charge on any atom is 0.345 e. The number of anilines is 2. The number of hydrazone groups is 1. The highest BCUT2D eigenvalue weighted by Gasteiger charge is 2.36. The zero-order valence-corrected chi connectivity index (χ0v) is 25.3. The number of para-hydroxylation sites is 1. The number of thioether (sulfide) groups is 1. The topological polar surface area (TPSA) is 128 Å². The van der Waals surface area contributed by atoms with Crippen LogP contribution in [0.2, 0.25) is 0 Å². The average molecular weight is 602 g/mol. The number of carbonyl (C=O) groups excluding carboxylic acids is 5. The maximum absolute atomic E-state index is 14.0. The normalized spacial score (nSPS) is 18.7. The van der Waals surface area contributed by atoms with E-state index in [9.17, 15) is 24.0 Å². The highest BCUT2D eigenvalue weighted by molar-refractivity contribution is 8.18. The van der Waals surface area contributed by atoms with E-state index in [4.69, 9.17) is 5.10 Å². The average Bonchev–Trinajstić information content (AvgIpc) is 3.23. The van der Waals surface area contributed by atoms with Gasteiger partial charge in [0.05, 0.1) is 22.8 Å². The summed E-state index contributed by atoms with van der Waals surface area (Å²) in [5.74, 6) is -0.913. The minimum atomic E-state index is -0.665. The molecule has 0 radical (unpaired) electrons. The number of nitrogens with zero attached hydrogens (tertiary/aromatic N) is 3. The number of amides is 5. The number of rotatable bonds is 7. The molecular weight excluding hydrogens is 566 g/mol. The van der Waals surface area contributed by atoms with E-state index in [-0.39, 0.29) is 29.7 Å². The molecule has 2 aromatic rings. The molecule has 2 fully saturated rings. The number of ketones is 1. The van der Waals surface area contributed by atoms with Crippen LogP contribution in [0.1, 0.15) is 64.0 Å². The van der Waals surface area contributed by atoms with Crippen molar-refractivity contribution < 1.29 is 24.0 Å². The number of benzene rings is 2. The van der Waals surface area contributed by atoms with Crippen molar-refractivity contribution in [3.05, 3.63) is 64.6 Å². The molecule has 0 atom stereocenters. The maximum atomic E-state index is 14.0. The summed E-state index contributed by atoms with van der Waals surface area (Å²) in [7, 11) is 0. The first kappa shape index (κ1) is 30.2. The number of hydrogen-bond acceptors (Lipinski definition) is 7. The lowest BCUT2D eigenvalue weighted by atomic mass is 9.83. The summed E-state index contributed by atoms with van der Waals surface area (Å²) in [4.78, 5) is 65.7. The Morgan fingerprint density at radius 3 is 2.47 bits per heavy atom. The first-order valence-corrected chi connectivity index (χ1v) is 15.3. The van der Waals surface area contributed by atoms with Gasteiger partial charge in [-0.2, -0.15) is 5.10 Å². The quantitative estimate of drug-likeness (QED) is 0.387. The van der Waals surface area contributed by atoms with Gasteiger partial charge in [0.15, 0.2) is 5.78 Å². The van der Waals surface area contributed by atoms with Crippen LogP contribution in [-0.4, -0.2) is 52.7 Å². The molecule has 2 N–H and O–H groups in total. The van der Waals surface area contributed by atoms with Crippen LogP contribution in [0.5, 0.6) is 0 Å². The summed E-state index contributed by atoms with van der Waals surface area (Å²) in [6, 6.07) is 13.8. The smallest absolute Gasteiger partial charge is 0.324 e. The van der Waals surface area contributed by atoms with E-state index < -0.39 is 28.5 Å². The first-order valence-electron chi connectivity index (χ1n) is 14.4. The van der Waals surface area contributed by atoms with E-state index in [2.05, 4.69) is 10.6 Å². The summed E-state index contributed by atoms with van der Waals surface area (Å²) >= 11 is 0.813. The van der Waals surface area contributed by atoms with Gasteiger partial charge in [0.2, 0.25) is 5.91 Å². The Bertz CT molecular complexity index is 1540. The number of nitrogens with one attached hydrogen (secondary N) is 2. The van der Waals surface area contributed by atoms with Gasteiger partial charge in [0.25, 0.3) is 11.1 Å². The van der Waals surface area contributed by atoms with Gasteiger partial charge in [-0.3, -0.25) is 29.4 Å². The molecule has 0 aromatic heterocycles. The molecular formula is C32H35N5O5S. The van der Waals surface area contributed by atoms with Gasteiger partial charge >= 0.3 is 6.03 Å². The summed E-state index contributed by atoms with van der Waals surface area (Å²) in [5.41, 5.74) is 2.59. The van der Waals surface area contributed by atoms with E-state index >= 15 is 0 Å². The Labute approximate surface area is 254 Å². The highest BCUT2D eigenvalue weighted by atomic mass is 32.2. The Morgan fingerprint density at radius 1 is 1.02 bits per heavy atom. The Kier molecular flexibility index (Phi) is 8.82. The molecule has 0 unspecified atom stereocenters. The molecule has 1 saturated carbocycles. The SMILES string of the molecule is CC(C)(C)C(=O)CN1C(=O)N(CC(=O)Nc2cccc(/C=C3/SC(=O)NC3=O)c2)N=C(C2CCCCC2)c2ccccc21. The number of hydrogen-bond donors (Lipinski definition) is 2. The van der Waals surface area contributed by atoms with Crippen molar-refractivity contribution in [2.45, 2.75) is 52.9 Å². The monoisotopic (exact) mass is 601 g/mol. The molecule has 2 aromatic carbocycles. The summed E-state index contributed by atoms with van der Waals surface area (Å²) in [6.45, 7) is 4.95. The Balaban J connectivity index is 1.43. The molecule has 1 saturated heterocycles. The van der Waals surface area contributed by atoms with Crippen LogP contribution in [0, 0.1) is 11.3 Å². The second-order valence-corrected chi connectivity index (χ2v) is 13.0. The lowest BCUT2D eigenvalue weighted by Gasteiger charge is -2.28. The minimum Gasteiger partial charge on any atom is -0.324 e. The van der Waals surface area contributed by atoms with Crippen LogP contribution >= 0.6 is 11.8 Å². The zero-order valence-electron chi connectivity index (χ0n) is 24.5. The third kappa shape index (κ3) is 7.05. The van der Waals surface area contributed by atoms with Gasteiger partial charge in [-0.1, -0.05) is 70.4 Å². The number of imide groups is 1. The number of fused-ring (bicyclic) bond motifs is 1. The second-order valence-electron chi connectivity index (χ2n) is 12.0. The molecule has 3 aliphatic rings. The lowest BCUT2D eigenvalue weighted by molar-refractivity contribution is -0.124. The molecule has 224 valence electrons. The number of urea groups is 1. The summed E-state index contributed by atoms with van der Waals surface area (Å²) in [6.07, 6.45) is 6.72. The van der Waals surface area contributed by atoms with E-state index in [0.717, 1.165) is 55.1 Å². The van der Waals surface area contributed by atoms with E-state index in [1.165, 1.54) is 9.91 Å². The predicted octanol–water partition coefficient (Wildman–Crippen LogP) is 5.79. The van der Waals surface area contributed by atoms with E-state index in [0.29, 0.717) is 16.9 Å². The minimum absolute atomic E-state index is 0.108. The summed E-state index contributed by atoms with van der Waals surface area (Å²) in [5, 5.41) is 10.6. The van der Waals surface area contributed by atoms with Crippen LogP contribution in [0.15, 0.2) is 58.5 Å². The van der Waals surface area contributed by atoms with Crippen LogP contribution in [0.4, 0.5) is 21.0 Å². The third-order valence-corrected chi connectivity index (χ3v) is 8.50. The van der Waals surface area contributed by atoms with Gasteiger partial charge in [-0.05, 0) is 54.4 Å². The van der Waals surface area contributed by atoms with Crippen molar-refractivity contribution in [2.24, 2.45) is 16.4 Å². The van der Waals surface area contributed by atoms with Crippen molar-refractivity contribution in [1.82, 2.24) is 10.3 Å². The molecule has 2 heterocycles. The van der Waals surface area contributed by atoms with E-state index in [1.807, 2.05) is 45.0 Å². The number of carbonyl (C=O) groups is 5. The van der Waals surface area contributed by atoms with Crippen LogP contribution in [0.25, 0.3) is 6.08 Å². The molecule has 0 spiro atoms. The third-order valence-electron chi connectivity index (χ3n) is 7.68. The standard InChI is InChI=1S/C32H35N5O5S/c1-32(2,3)26(38)18-36-24-15-8-7-14-23(24)28(21-11-5-4-6-12-21)35-37(31(36)42)19-27(39)33-22-13-9-10-20(16-22)17-25-29(40)34-30(41)43-25/h7-10,13-17,21H,4-6,11-12,18-19H2,1-3H3,(H,33,39)(H,34,40,41)/b25-17+. The van der Waals surface area contributed by atoms with Gasteiger partial charge in [0, 0.05) is 22.6 Å². The van der Waals surface area contributed by atoms with Gasteiger partial charge in [-0.25, -0.2) is 9.80 Å². The molecule has 5 amide bonds. The number of Topliss-reactive ketones (excluding diaryl/α,β-unsaturated/α-hetero) is 1. The largest absolute Gasteiger partial charge is 0.345 e. The Hall–Kier alpha value is -4.25. The zero-order chi connectivity index (χ0) is 30.7. The molecule has 0 bridgehead atoms. The van der Waals surface area contributed by atoms with Gasteiger partial charge in [-0.15, -0.1) is 0 Å². The fraction of sp³-hybridized carbons (Fsp3) is 0.375. The fourth-order valence-corrected chi connectivity index (χ4v) is 6.01. The molecule has 2 aliphatic heterocycles.